The Balaban J connectivity index is 2.07. The van der Waals surface area contributed by atoms with Gasteiger partial charge >= 0.3 is 5.97 Å². The molecule has 0 amide bonds. The van der Waals surface area contributed by atoms with Gasteiger partial charge in [-0.3, -0.25) is 4.57 Å². The smallest absolute Gasteiger partial charge is 0.337 e. The van der Waals surface area contributed by atoms with Crippen molar-refractivity contribution < 1.29 is 9.53 Å². The van der Waals surface area contributed by atoms with E-state index in [9.17, 15) is 4.79 Å². The van der Waals surface area contributed by atoms with E-state index in [2.05, 4.69) is 25.7 Å². The fraction of sp³-hybridized carbons (Fsp3) is 0.0667. The van der Waals surface area contributed by atoms with Gasteiger partial charge in [0.1, 0.15) is 6.33 Å². The summed E-state index contributed by atoms with van der Waals surface area (Å²) in [5.74, 6) is -0.338. The number of hydrogen-bond acceptors (Lipinski definition) is 3. The van der Waals surface area contributed by atoms with E-state index in [0.717, 1.165) is 21.2 Å². The van der Waals surface area contributed by atoms with Crippen LogP contribution >= 0.6 is 15.9 Å². The second-order valence-corrected chi connectivity index (χ2v) is 5.20. The largest absolute Gasteiger partial charge is 0.465 e. The quantitative estimate of drug-likeness (QED) is 0.674. The van der Waals surface area contributed by atoms with Crippen LogP contribution in [0.4, 0.5) is 0 Å². The zero-order valence-corrected chi connectivity index (χ0v) is 12.3. The summed E-state index contributed by atoms with van der Waals surface area (Å²) in [4.78, 5) is 15.8. The Labute approximate surface area is 124 Å². The van der Waals surface area contributed by atoms with E-state index in [1.54, 1.807) is 18.5 Å². The van der Waals surface area contributed by atoms with Crippen molar-refractivity contribution in [2.45, 2.75) is 0 Å². The lowest BCUT2D eigenvalue weighted by Crippen LogP contribution is -2.01. The van der Waals surface area contributed by atoms with Gasteiger partial charge in [0.15, 0.2) is 0 Å². The van der Waals surface area contributed by atoms with Crippen LogP contribution in [-0.2, 0) is 4.74 Å². The number of nitrogens with zero attached hydrogens (tertiary/aromatic N) is 2. The molecule has 0 saturated carbocycles. The summed E-state index contributed by atoms with van der Waals surface area (Å²) < 4.78 is 7.66. The Morgan fingerprint density at radius 1 is 1.20 bits per heavy atom. The predicted molar refractivity (Wildman–Crippen MR) is 80.1 cm³/mol. The van der Waals surface area contributed by atoms with Gasteiger partial charge in [-0.25, -0.2) is 9.78 Å². The van der Waals surface area contributed by atoms with Crippen molar-refractivity contribution in [3.05, 3.63) is 58.8 Å². The normalized spacial score (nSPS) is 10.7. The Hall–Kier alpha value is -2.14. The SMILES string of the molecule is COC(=O)c1ccc(-n2cnc3ccc(Br)cc32)cc1. The van der Waals surface area contributed by atoms with Gasteiger partial charge in [-0.2, -0.15) is 0 Å². The van der Waals surface area contributed by atoms with E-state index < -0.39 is 0 Å². The summed E-state index contributed by atoms with van der Waals surface area (Å²) >= 11 is 3.46. The summed E-state index contributed by atoms with van der Waals surface area (Å²) in [6.07, 6.45) is 1.77. The zero-order valence-electron chi connectivity index (χ0n) is 10.7. The first-order valence-corrected chi connectivity index (χ1v) is 6.80. The van der Waals surface area contributed by atoms with Gasteiger partial charge in [0.05, 0.1) is 23.7 Å². The van der Waals surface area contributed by atoms with Crippen LogP contribution in [0.2, 0.25) is 0 Å². The van der Waals surface area contributed by atoms with Crippen LogP contribution in [0.5, 0.6) is 0 Å². The lowest BCUT2D eigenvalue weighted by atomic mass is 10.2. The van der Waals surface area contributed by atoms with E-state index in [1.807, 2.05) is 34.9 Å². The van der Waals surface area contributed by atoms with Crippen LogP contribution in [0.1, 0.15) is 10.4 Å². The number of benzene rings is 2. The molecule has 100 valence electrons. The summed E-state index contributed by atoms with van der Waals surface area (Å²) in [6.45, 7) is 0. The molecule has 2 aromatic carbocycles. The fourth-order valence-corrected chi connectivity index (χ4v) is 2.41. The molecule has 1 aromatic heterocycles. The van der Waals surface area contributed by atoms with Crippen LogP contribution in [0, 0.1) is 0 Å². The number of aromatic nitrogens is 2. The average molecular weight is 331 g/mol. The van der Waals surface area contributed by atoms with Crippen LogP contribution in [0.3, 0.4) is 0 Å². The van der Waals surface area contributed by atoms with Gasteiger partial charge in [0.25, 0.3) is 0 Å². The number of carbonyl (C=O) groups excluding carboxylic acids is 1. The molecule has 0 N–H and O–H groups in total. The third-order valence-electron chi connectivity index (χ3n) is 3.08. The van der Waals surface area contributed by atoms with E-state index in [-0.39, 0.29) is 5.97 Å². The fourth-order valence-electron chi connectivity index (χ4n) is 2.06. The first-order chi connectivity index (χ1) is 9.69. The lowest BCUT2D eigenvalue weighted by molar-refractivity contribution is 0.0601. The molecule has 0 atom stereocenters. The number of hydrogen-bond donors (Lipinski definition) is 0. The van der Waals surface area contributed by atoms with Crippen LogP contribution < -0.4 is 0 Å². The van der Waals surface area contributed by atoms with Gasteiger partial charge in [0.2, 0.25) is 0 Å². The van der Waals surface area contributed by atoms with Crippen molar-refractivity contribution in [2.24, 2.45) is 0 Å². The molecule has 0 aliphatic rings. The van der Waals surface area contributed by atoms with Gasteiger partial charge < -0.3 is 4.74 Å². The molecule has 0 bridgehead atoms. The second-order valence-electron chi connectivity index (χ2n) is 4.29. The summed E-state index contributed by atoms with van der Waals surface area (Å²) in [5.41, 5.74) is 3.40. The van der Waals surface area contributed by atoms with E-state index in [1.165, 1.54) is 7.11 Å². The minimum atomic E-state index is -0.338. The van der Waals surface area contributed by atoms with Crippen molar-refractivity contribution in [3.8, 4) is 5.69 Å². The molecule has 4 nitrogen and oxygen atoms in total. The molecule has 0 aliphatic carbocycles. The summed E-state index contributed by atoms with van der Waals surface area (Å²) in [7, 11) is 1.37. The highest BCUT2D eigenvalue weighted by molar-refractivity contribution is 9.10. The van der Waals surface area contributed by atoms with Gasteiger partial charge in [-0.15, -0.1) is 0 Å². The second kappa shape index (κ2) is 5.09. The number of methoxy groups -OCH3 is 1. The molecular formula is C15H11BrN2O2. The monoisotopic (exact) mass is 330 g/mol. The predicted octanol–water partition coefficient (Wildman–Crippen LogP) is 3.57. The van der Waals surface area contributed by atoms with Crippen molar-refractivity contribution in [1.29, 1.82) is 0 Å². The molecule has 3 aromatic rings. The Bertz CT molecular complexity index is 778. The number of imidazole rings is 1. The maximum atomic E-state index is 11.4. The highest BCUT2D eigenvalue weighted by Crippen LogP contribution is 2.22. The molecule has 0 spiro atoms. The highest BCUT2D eigenvalue weighted by Gasteiger charge is 2.08. The standard InChI is InChI=1S/C15H11BrN2O2/c1-20-15(19)10-2-5-12(6-3-10)18-9-17-13-7-4-11(16)8-14(13)18/h2-9H,1H3. The first kappa shape index (κ1) is 12.9. The molecular weight excluding hydrogens is 320 g/mol. The highest BCUT2D eigenvalue weighted by atomic mass is 79.9. The number of rotatable bonds is 2. The Morgan fingerprint density at radius 3 is 2.65 bits per heavy atom. The number of esters is 1. The van der Waals surface area contributed by atoms with Gasteiger partial charge in [0, 0.05) is 10.2 Å². The van der Waals surface area contributed by atoms with E-state index in [4.69, 9.17) is 0 Å². The summed E-state index contributed by atoms with van der Waals surface area (Å²) in [5, 5.41) is 0. The molecule has 1 heterocycles. The molecule has 0 unspecified atom stereocenters. The van der Waals surface area contributed by atoms with Gasteiger partial charge in [-0.1, -0.05) is 15.9 Å². The molecule has 20 heavy (non-hydrogen) atoms. The van der Waals surface area contributed by atoms with Gasteiger partial charge in [-0.05, 0) is 42.5 Å². The van der Waals surface area contributed by atoms with Crippen molar-refractivity contribution in [2.75, 3.05) is 7.11 Å². The van der Waals surface area contributed by atoms with Crippen LogP contribution in [-0.4, -0.2) is 22.6 Å². The molecule has 5 heteroatoms. The first-order valence-electron chi connectivity index (χ1n) is 6.00. The number of ether oxygens (including phenoxy) is 1. The van der Waals surface area contributed by atoms with Crippen LogP contribution in [0.15, 0.2) is 53.3 Å². The van der Waals surface area contributed by atoms with Crippen molar-refractivity contribution in [3.63, 3.8) is 0 Å². The molecule has 0 fully saturated rings. The summed E-state index contributed by atoms with van der Waals surface area (Å²) in [6, 6.07) is 13.1. The molecule has 0 aliphatic heterocycles. The van der Waals surface area contributed by atoms with Crippen LogP contribution in [0.25, 0.3) is 16.7 Å². The van der Waals surface area contributed by atoms with E-state index >= 15 is 0 Å². The maximum absolute atomic E-state index is 11.4. The Morgan fingerprint density at radius 2 is 1.95 bits per heavy atom. The number of fused-ring (bicyclic) bond motifs is 1. The third-order valence-corrected chi connectivity index (χ3v) is 3.57. The maximum Gasteiger partial charge on any atom is 0.337 e. The average Bonchev–Trinajstić information content (AvgIpc) is 2.89. The minimum absolute atomic E-state index is 0.338. The minimum Gasteiger partial charge on any atom is -0.465 e. The number of halogens is 1. The Kier molecular flexibility index (Phi) is 3.28. The molecule has 0 saturated heterocycles. The molecule has 0 radical (unpaired) electrons. The zero-order chi connectivity index (χ0) is 14.1. The lowest BCUT2D eigenvalue weighted by Gasteiger charge is -2.05. The number of carbonyl (C=O) groups is 1. The van der Waals surface area contributed by atoms with E-state index in [0.29, 0.717) is 5.56 Å². The van der Waals surface area contributed by atoms with Crippen molar-refractivity contribution >= 4 is 32.9 Å². The molecule has 3 rings (SSSR count). The topological polar surface area (TPSA) is 44.1 Å². The third kappa shape index (κ3) is 2.20. The van der Waals surface area contributed by atoms with Crippen molar-refractivity contribution in [1.82, 2.24) is 9.55 Å².